The van der Waals surface area contributed by atoms with Crippen molar-refractivity contribution < 1.29 is 19.1 Å². The number of hydrogen-bond acceptors (Lipinski definition) is 9. The van der Waals surface area contributed by atoms with Gasteiger partial charge in [-0.25, -0.2) is 0 Å². The number of thioether (sulfide) groups is 1. The van der Waals surface area contributed by atoms with Crippen LogP contribution in [0.1, 0.15) is 6.42 Å². The minimum Gasteiger partial charge on any atom is -0.497 e. The predicted molar refractivity (Wildman–Crippen MR) is 120 cm³/mol. The third-order valence-corrected chi connectivity index (χ3v) is 7.19. The maximum absolute atomic E-state index is 12.7. The molecule has 3 heterocycles. The fourth-order valence-electron chi connectivity index (χ4n) is 3.52. The Morgan fingerprint density at radius 1 is 1.35 bits per heavy atom. The third kappa shape index (κ3) is 5.73. The molecule has 1 atom stereocenters. The number of nitrogens with zero attached hydrogens (tertiary/aromatic N) is 4. The molecule has 2 aliphatic rings. The van der Waals surface area contributed by atoms with Gasteiger partial charge in [-0.15, -0.1) is 10.2 Å². The van der Waals surface area contributed by atoms with Crippen LogP contribution in [0.25, 0.3) is 0 Å². The lowest BCUT2D eigenvalue weighted by molar-refractivity contribution is -0.122. The van der Waals surface area contributed by atoms with Gasteiger partial charge in [0.15, 0.2) is 4.34 Å². The largest absolute Gasteiger partial charge is 0.497 e. The van der Waals surface area contributed by atoms with Gasteiger partial charge in [-0.05, 0) is 12.1 Å². The van der Waals surface area contributed by atoms with E-state index in [0.29, 0.717) is 17.4 Å². The van der Waals surface area contributed by atoms with Crippen molar-refractivity contribution in [1.82, 2.24) is 15.1 Å². The van der Waals surface area contributed by atoms with Gasteiger partial charge in [-0.2, -0.15) is 0 Å². The van der Waals surface area contributed by atoms with Crippen LogP contribution in [0.15, 0.2) is 28.6 Å². The minimum absolute atomic E-state index is 0.0787. The molecule has 11 heteroatoms. The molecule has 0 bridgehead atoms. The highest BCUT2D eigenvalue weighted by Gasteiger charge is 2.35. The van der Waals surface area contributed by atoms with E-state index in [4.69, 9.17) is 9.47 Å². The van der Waals surface area contributed by atoms with Gasteiger partial charge < -0.3 is 19.7 Å². The number of aromatic nitrogens is 2. The third-order valence-electron chi connectivity index (χ3n) is 5.23. The summed E-state index contributed by atoms with van der Waals surface area (Å²) in [6.45, 7) is 4.81. The number of carbonyl (C=O) groups excluding carboxylic acids is 2. The fraction of sp³-hybridized carbons (Fsp3) is 0.500. The molecule has 2 amide bonds. The van der Waals surface area contributed by atoms with Gasteiger partial charge in [0.25, 0.3) is 0 Å². The number of benzene rings is 1. The van der Waals surface area contributed by atoms with Crippen molar-refractivity contribution in [2.45, 2.75) is 10.8 Å². The van der Waals surface area contributed by atoms with E-state index in [-0.39, 0.29) is 18.2 Å². The lowest BCUT2D eigenvalue weighted by Gasteiger charge is -2.25. The van der Waals surface area contributed by atoms with Crippen LogP contribution in [0, 0.1) is 5.92 Å². The smallest absolute Gasteiger partial charge is 0.231 e. The molecule has 2 aromatic rings. The second-order valence-corrected chi connectivity index (χ2v) is 9.59. The molecule has 0 radical (unpaired) electrons. The van der Waals surface area contributed by atoms with Gasteiger partial charge in [0.05, 0.1) is 26.2 Å². The number of anilines is 2. The summed E-state index contributed by atoms with van der Waals surface area (Å²) >= 11 is 2.99. The number of morpholine rings is 1. The van der Waals surface area contributed by atoms with Gasteiger partial charge >= 0.3 is 0 Å². The van der Waals surface area contributed by atoms with Gasteiger partial charge in [0.2, 0.25) is 16.9 Å². The summed E-state index contributed by atoms with van der Waals surface area (Å²) in [6.07, 6.45) is 0.170. The van der Waals surface area contributed by atoms with Crippen LogP contribution >= 0.6 is 23.1 Å². The normalized spacial score (nSPS) is 19.6. The summed E-state index contributed by atoms with van der Waals surface area (Å²) in [6, 6.07) is 7.28. The molecule has 0 spiro atoms. The molecule has 4 rings (SSSR count). The molecular weight excluding hydrogens is 438 g/mol. The Morgan fingerprint density at radius 3 is 3.00 bits per heavy atom. The first kappa shape index (κ1) is 22.0. The summed E-state index contributed by atoms with van der Waals surface area (Å²) in [4.78, 5) is 29.1. The molecule has 1 N–H and O–H groups in total. The highest BCUT2D eigenvalue weighted by Crippen LogP contribution is 2.30. The van der Waals surface area contributed by atoms with Crippen LogP contribution in [0.5, 0.6) is 5.75 Å². The quantitative estimate of drug-likeness (QED) is 0.469. The van der Waals surface area contributed by atoms with E-state index in [9.17, 15) is 9.59 Å². The molecule has 9 nitrogen and oxygen atoms in total. The molecule has 2 aliphatic heterocycles. The molecule has 31 heavy (non-hydrogen) atoms. The molecule has 1 aromatic carbocycles. The predicted octanol–water partition coefficient (Wildman–Crippen LogP) is 1.96. The van der Waals surface area contributed by atoms with E-state index in [0.717, 1.165) is 48.6 Å². The van der Waals surface area contributed by atoms with Crippen molar-refractivity contribution in [1.29, 1.82) is 0 Å². The van der Waals surface area contributed by atoms with Crippen LogP contribution in [0.3, 0.4) is 0 Å². The first-order chi connectivity index (χ1) is 15.1. The number of carbonyl (C=O) groups is 2. The van der Waals surface area contributed by atoms with Crippen molar-refractivity contribution in [2.75, 3.05) is 62.5 Å². The number of hydrogen-bond donors (Lipinski definition) is 1. The number of rotatable bonds is 8. The Bertz CT molecular complexity index is 918. The van der Waals surface area contributed by atoms with Crippen LogP contribution in [0.4, 0.5) is 10.8 Å². The van der Waals surface area contributed by atoms with Crippen molar-refractivity contribution in [3.63, 3.8) is 0 Å². The Morgan fingerprint density at radius 2 is 2.19 bits per heavy atom. The summed E-state index contributed by atoms with van der Waals surface area (Å²) < 4.78 is 11.4. The minimum atomic E-state index is -0.431. The standard InChI is InChI=1S/C20H25N5O4S2/c1-28-16-4-2-3-15(12-16)25-13-14(11-17(25)26)18(27)21-19-22-23-20(31-19)30-10-7-24-5-8-29-9-6-24/h2-4,12,14H,5-11,13H2,1H3,(H,21,22,27)/t14-/m0/s1. The zero-order valence-corrected chi connectivity index (χ0v) is 18.9. The monoisotopic (exact) mass is 463 g/mol. The first-order valence-corrected chi connectivity index (χ1v) is 11.9. The van der Waals surface area contributed by atoms with E-state index in [2.05, 4.69) is 20.4 Å². The first-order valence-electron chi connectivity index (χ1n) is 10.1. The number of amides is 2. The van der Waals surface area contributed by atoms with E-state index in [1.807, 2.05) is 18.2 Å². The average Bonchev–Trinajstić information content (AvgIpc) is 3.41. The van der Waals surface area contributed by atoms with Crippen LogP contribution in [-0.4, -0.2) is 79.2 Å². The highest BCUT2D eigenvalue weighted by molar-refractivity contribution is 8.01. The molecule has 0 saturated carbocycles. The SMILES string of the molecule is COc1cccc(N2C[C@@H](C(=O)Nc3nnc(SCCN4CCOCC4)s3)CC2=O)c1. The summed E-state index contributed by atoms with van der Waals surface area (Å²) in [5, 5.41) is 11.5. The zero-order valence-electron chi connectivity index (χ0n) is 17.3. The van der Waals surface area contributed by atoms with Crippen molar-refractivity contribution >= 4 is 45.7 Å². The topological polar surface area (TPSA) is 96.9 Å². The van der Waals surface area contributed by atoms with Crippen LogP contribution in [-0.2, 0) is 14.3 Å². The molecule has 0 aliphatic carbocycles. The summed E-state index contributed by atoms with van der Waals surface area (Å²) in [5.41, 5.74) is 0.731. The molecule has 2 saturated heterocycles. The number of ether oxygens (including phenoxy) is 2. The molecule has 166 valence electrons. The maximum Gasteiger partial charge on any atom is 0.231 e. The Kier molecular flexibility index (Phi) is 7.38. The average molecular weight is 464 g/mol. The Hall–Kier alpha value is -2.21. The van der Waals surface area contributed by atoms with Gasteiger partial charge in [0.1, 0.15) is 5.75 Å². The van der Waals surface area contributed by atoms with Crippen LogP contribution < -0.4 is 15.0 Å². The van der Waals surface area contributed by atoms with Gasteiger partial charge in [-0.1, -0.05) is 29.2 Å². The zero-order chi connectivity index (χ0) is 21.6. The van der Waals surface area contributed by atoms with Gasteiger partial charge in [-0.3, -0.25) is 14.5 Å². The van der Waals surface area contributed by atoms with E-state index >= 15 is 0 Å². The molecule has 0 unspecified atom stereocenters. The molecule has 2 fully saturated rings. The van der Waals surface area contributed by atoms with Gasteiger partial charge in [0, 0.05) is 50.1 Å². The maximum atomic E-state index is 12.7. The molecule has 1 aromatic heterocycles. The second-order valence-electron chi connectivity index (χ2n) is 7.27. The molecular formula is C20H25N5O4S2. The number of methoxy groups -OCH3 is 1. The second kappa shape index (κ2) is 10.4. The van der Waals surface area contributed by atoms with Crippen molar-refractivity contribution in [3.8, 4) is 5.75 Å². The Balaban J connectivity index is 1.27. The van der Waals surface area contributed by atoms with E-state index in [1.165, 1.54) is 11.3 Å². The summed E-state index contributed by atoms with van der Waals surface area (Å²) in [7, 11) is 1.58. The van der Waals surface area contributed by atoms with Crippen molar-refractivity contribution in [3.05, 3.63) is 24.3 Å². The van der Waals surface area contributed by atoms with E-state index < -0.39 is 5.92 Å². The lowest BCUT2D eigenvalue weighted by atomic mass is 10.1. The van der Waals surface area contributed by atoms with Crippen molar-refractivity contribution in [2.24, 2.45) is 5.92 Å². The van der Waals surface area contributed by atoms with Crippen LogP contribution in [0.2, 0.25) is 0 Å². The highest BCUT2D eigenvalue weighted by atomic mass is 32.2. The summed E-state index contributed by atoms with van der Waals surface area (Å²) in [5.74, 6) is 0.866. The van der Waals surface area contributed by atoms with E-state index in [1.54, 1.807) is 29.8 Å². The number of nitrogens with one attached hydrogen (secondary N) is 1. The Labute approximate surface area is 189 Å². The fourth-order valence-corrected chi connectivity index (χ4v) is 5.35. The lowest BCUT2D eigenvalue weighted by Crippen LogP contribution is -2.37.